The lowest BCUT2D eigenvalue weighted by molar-refractivity contribution is 0.242. The molecule has 1 aliphatic carbocycles. The first-order valence-corrected chi connectivity index (χ1v) is 7.92. The van der Waals surface area contributed by atoms with Gasteiger partial charge in [0.2, 0.25) is 0 Å². The minimum Gasteiger partial charge on any atom is -0.507 e. The molecule has 1 saturated carbocycles. The van der Waals surface area contributed by atoms with Gasteiger partial charge in [-0.05, 0) is 32.9 Å². The summed E-state index contributed by atoms with van der Waals surface area (Å²) in [4.78, 5) is 2.46. The fourth-order valence-corrected chi connectivity index (χ4v) is 3.11. The molecule has 118 valence electrons. The van der Waals surface area contributed by atoms with E-state index in [2.05, 4.69) is 24.2 Å². The normalized spacial score (nSPS) is 17.3. The zero-order valence-electron chi connectivity index (χ0n) is 13.4. The van der Waals surface area contributed by atoms with E-state index in [1.165, 1.54) is 25.7 Å². The predicted octanol–water partition coefficient (Wildman–Crippen LogP) is 2.93. The molecule has 0 radical (unpaired) electrons. The summed E-state index contributed by atoms with van der Waals surface area (Å²) in [6.45, 7) is 4.06. The van der Waals surface area contributed by atoms with E-state index in [1.54, 1.807) is 13.2 Å². The molecule has 1 fully saturated rings. The summed E-state index contributed by atoms with van der Waals surface area (Å²) in [5.74, 6) is 0.975. The van der Waals surface area contributed by atoms with Gasteiger partial charge in [0.05, 0.1) is 7.11 Å². The molecule has 1 aromatic carbocycles. The molecule has 0 amide bonds. The number of phenolic OH excluding ortho intramolecular Hbond substituents is 1. The van der Waals surface area contributed by atoms with Crippen LogP contribution >= 0.6 is 0 Å². The maximum atomic E-state index is 10.0. The standard InChI is InChI=1S/C17H28N2O2/c1-13(16-9-8-15(21-3)12-17(16)20)18-10-11-19(2)14-6-4-5-7-14/h8-9,12-14,18,20H,4-7,10-11H2,1-3H3. The SMILES string of the molecule is COc1ccc(C(C)NCCN(C)C2CCCC2)c(O)c1. The third-order valence-corrected chi connectivity index (χ3v) is 4.57. The molecule has 4 heteroatoms. The van der Waals surface area contributed by atoms with Crippen LogP contribution in [-0.4, -0.2) is 43.3 Å². The highest BCUT2D eigenvalue weighted by atomic mass is 16.5. The quantitative estimate of drug-likeness (QED) is 0.811. The van der Waals surface area contributed by atoms with E-state index in [0.717, 1.165) is 24.7 Å². The van der Waals surface area contributed by atoms with E-state index in [9.17, 15) is 5.11 Å². The van der Waals surface area contributed by atoms with Gasteiger partial charge in [-0.3, -0.25) is 0 Å². The minimum atomic E-state index is 0.132. The van der Waals surface area contributed by atoms with Gasteiger partial charge in [-0.2, -0.15) is 0 Å². The fourth-order valence-electron chi connectivity index (χ4n) is 3.11. The summed E-state index contributed by atoms with van der Waals surface area (Å²) in [7, 11) is 3.82. The molecule has 0 spiro atoms. The van der Waals surface area contributed by atoms with Gasteiger partial charge in [0.25, 0.3) is 0 Å². The molecule has 0 bridgehead atoms. The molecule has 1 unspecified atom stereocenters. The third kappa shape index (κ3) is 4.35. The second kappa shape index (κ2) is 7.66. The van der Waals surface area contributed by atoms with Crippen molar-refractivity contribution in [2.24, 2.45) is 0 Å². The van der Waals surface area contributed by atoms with Crippen molar-refractivity contribution in [3.63, 3.8) is 0 Å². The monoisotopic (exact) mass is 292 g/mol. The highest BCUT2D eigenvalue weighted by Crippen LogP contribution is 2.28. The van der Waals surface area contributed by atoms with E-state index < -0.39 is 0 Å². The summed E-state index contributed by atoms with van der Waals surface area (Å²) in [5.41, 5.74) is 0.916. The number of nitrogens with zero attached hydrogens (tertiary/aromatic N) is 1. The summed E-state index contributed by atoms with van der Waals surface area (Å²) >= 11 is 0. The maximum absolute atomic E-state index is 10.0. The number of phenols is 1. The van der Waals surface area contributed by atoms with Crippen LogP contribution in [0, 0.1) is 0 Å². The molecular formula is C17H28N2O2. The highest BCUT2D eigenvalue weighted by Gasteiger charge is 2.19. The molecule has 1 aliphatic rings. The van der Waals surface area contributed by atoms with Crippen LogP contribution in [0.1, 0.15) is 44.2 Å². The number of aromatic hydroxyl groups is 1. The first-order valence-electron chi connectivity index (χ1n) is 7.92. The topological polar surface area (TPSA) is 44.7 Å². The van der Waals surface area contributed by atoms with Crippen molar-refractivity contribution in [2.45, 2.75) is 44.7 Å². The second-order valence-corrected chi connectivity index (χ2v) is 6.02. The van der Waals surface area contributed by atoms with Crippen LogP contribution in [0.4, 0.5) is 0 Å². The number of methoxy groups -OCH3 is 1. The van der Waals surface area contributed by atoms with Crippen LogP contribution in [0.15, 0.2) is 18.2 Å². The lowest BCUT2D eigenvalue weighted by Gasteiger charge is -2.25. The van der Waals surface area contributed by atoms with E-state index in [0.29, 0.717) is 11.5 Å². The number of rotatable bonds is 7. The van der Waals surface area contributed by atoms with Gasteiger partial charge in [-0.1, -0.05) is 18.9 Å². The molecule has 2 rings (SSSR count). The Morgan fingerprint density at radius 1 is 1.38 bits per heavy atom. The first-order chi connectivity index (χ1) is 10.1. The van der Waals surface area contributed by atoms with Crippen LogP contribution in [0.25, 0.3) is 0 Å². The molecule has 0 saturated heterocycles. The van der Waals surface area contributed by atoms with Crippen LogP contribution < -0.4 is 10.1 Å². The van der Waals surface area contributed by atoms with Crippen LogP contribution in [0.5, 0.6) is 11.5 Å². The number of hydrogen-bond donors (Lipinski definition) is 2. The van der Waals surface area contributed by atoms with Crippen LogP contribution in [0.2, 0.25) is 0 Å². The van der Waals surface area contributed by atoms with Crippen molar-refractivity contribution in [1.82, 2.24) is 10.2 Å². The van der Waals surface area contributed by atoms with E-state index in [1.807, 2.05) is 12.1 Å². The molecule has 2 N–H and O–H groups in total. The van der Waals surface area contributed by atoms with Gasteiger partial charge < -0.3 is 20.1 Å². The molecule has 1 atom stereocenters. The third-order valence-electron chi connectivity index (χ3n) is 4.57. The Morgan fingerprint density at radius 2 is 2.10 bits per heavy atom. The van der Waals surface area contributed by atoms with Gasteiger partial charge in [0, 0.05) is 36.8 Å². The van der Waals surface area contributed by atoms with Crippen molar-refractivity contribution in [3.8, 4) is 11.5 Å². The molecule has 1 aromatic rings. The van der Waals surface area contributed by atoms with Crippen molar-refractivity contribution < 1.29 is 9.84 Å². The van der Waals surface area contributed by atoms with Crippen molar-refractivity contribution in [3.05, 3.63) is 23.8 Å². The fraction of sp³-hybridized carbons (Fsp3) is 0.647. The van der Waals surface area contributed by atoms with Gasteiger partial charge in [-0.25, -0.2) is 0 Å². The van der Waals surface area contributed by atoms with Gasteiger partial charge in [0.1, 0.15) is 11.5 Å². The number of benzene rings is 1. The Labute approximate surface area is 128 Å². The molecular weight excluding hydrogens is 264 g/mol. The zero-order chi connectivity index (χ0) is 15.2. The summed E-state index contributed by atoms with van der Waals surface area (Å²) in [6.07, 6.45) is 5.42. The summed E-state index contributed by atoms with van der Waals surface area (Å²) < 4.78 is 5.11. The van der Waals surface area contributed by atoms with E-state index in [-0.39, 0.29) is 6.04 Å². The van der Waals surface area contributed by atoms with Crippen molar-refractivity contribution >= 4 is 0 Å². The van der Waals surface area contributed by atoms with E-state index in [4.69, 9.17) is 4.74 Å². The number of nitrogens with one attached hydrogen (secondary N) is 1. The summed E-state index contributed by atoms with van der Waals surface area (Å²) in [5, 5.41) is 13.5. The number of ether oxygens (including phenoxy) is 1. The molecule has 4 nitrogen and oxygen atoms in total. The average Bonchev–Trinajstić information content (AvgIpc) is 3.01. The van der Waals surface area contributed by atoms with Gasteiger partial charge in [-0.15, -0.1) is 0 Å². The summed E-state index contributed by atoms with van der Waals surface area (Å²) in [6, 6.07) is 6.37. The Hall–Kier alpha value is -1.26. The van der Waals surface area contributed by atoms with Gasteiger partial charge in [0.15, 0.2) is 0 Å². The van der Waals surface area contributed by atoms with Crippen molar-refractivity contribution in [1.29, 1.82) is 0 Å². The smallest absolute Gasteiger partial charge is 0.124 e. The Bertz CT molecular complexity index is 444. The molecule has 0 aromatic heterocycles. The van der Waals surface area contributed by atoms with Gasteiger partial charge >= 0.3 is 0 Å². The number of hydrogen-bond acceptors (Lipinski definition) is 4. The Kier molecular flexibility index (Phi) is 5.88. The number of likely N-dealkylation sites (N-methyl/N-ethyl adjacent to an activating group) is 1. The van der Waals surface area contributed by atoms with Crippen LogP contribution in [-0.2, 0) is 0 Å². The lowest BCUT2D eigenvalue weighted by Crippen LogP contribution is -2.36. The van der Waals surface area contributed by atoms with E-state index >= 15 is 0 Å². The highest BCUT2D eigenvalue weighted by molar-refractivity contribution is 5.41. The Balaban J connectivity index is 1.80. The Morgan fingerprint density at radius 3 is 2.71 bits per heavy atom. The molecule has 0 aliphatic heterocycles. The van der Waals surface area contributed by atoms with Crippen LogP contribution in [0.3, 0.4) is 0 Å². The first kappa shape index (κ1) is 16.1. The maximum Gasteiger partial charge on any atom is 0.124 e. The van der Waals surface area contributed by atoms with Crippen molar-refractivity contribution in [2.75, 3.05) is 27.2 Å². The lowest BCUT2D eigenvalue weighted by atomic mass is 10.1. The molecule has 0 heterocycles. The average molecular weight is 292 g/mol. The zero-order valence-corrected chi connectivity index (χ0v) is 13.4. The minimum absolute atomic E-state index is 0.132. The molecule has 21 heavy (non-hydrogen) atoms. The second-order valence-electron chi connectivity index (χ2n) is 6.02. The predicted molar refractivity (Wildman–Crippen MR) is 86.0 cm³/mol. The largest absolute Gasteiger partial charge is 0.507 e.